The molecule has 0 saturated heterocycles. The number of hydrogen-bond acceptors (Lipinski definition) is 11. The predicted molar refractivity (Wildman–Crippen MR) is 152 cm³/mol. The molecular formula is C32H36O11. The van der Waals surface area contributed by atoms with Gasteiger partial charge in [0.2, 0.25) is 0 Å². The van der Waals surface area contributed by atoms with E-state index in [4.69, 9.17) is 28.4 Å². The zero-order valence-electron chi connectivity index (χ0n) is 23.9. The molecule has 0 aliphatic carbocycles. The first-order valence-corrected chi connectivity index (χ1v) is 13.7. The minimum Gasteiger partial charge on any atom is -0.461 e. The van der Waals surface area contributed by atoms with Gasteiger partial charge in [-0.15, -0.1) is 0 Å². The zero-order chi connectivity index (χ0) is 31.0. The van der Waals surface area contributed by atoms with E-state index in [1.807, 2.05) is 0 Å². The first kappa shape index (κ1) is 33.4. The number of ether oxygens (including phenoxy) is 6. The molecule has 43 heavy (non-hydrogen) atoms. The van der Waals surface area contributed by atoms with Gasteiger partial charge in [0.1, 0.15) is 6.61 Å². The van der Waals surface area contributed by atoms with Crippen molar-refractivity contribution < 1.29 is 53.0 Å². The molecule has 2 N–H and O–H groups in total. The molecule has 5 atom stereocenters. The normalized spacial score (nSPS) is 14.5. The summed E-state index contributed by atoms with van der Waals surface area (Å²) in [6, 6.07) is 25.4. The summed E-state index contributed by atoms with van der Waals surface area (Å²) in [5.74, 6) is -2.40. The van der Waals surface area contributed by atoms with Gasteiger partial charge in [-0.2, -0.15) is 0 Å². The van der Waals surface area contributed by atoms with Crippen molar-refractivity contribution in [3.8, 4) is 0 Å². The molecule has 0 bridgehead atoms. The third kappa shape index (κ3) is 11.2. The summed E-state index contributed by atoms with van der Waals surface area (Å²) in [5, 5.41) is 20.3. The number of carbonyl (C=O) groups is 3. The molecule has 3 rings (SSSR count). The molecule has 0 aromatic heterocycles. The molecule has 11 heteroatoms. The largest absolute Gasteiger partial charge is 0.461 e. The van der Waals surface area contributed by atoms with Crippen molar-refractivity contribution in [1.29, 1.82) is 0 Å². The Morgan fingerprint density at radius 1 is 0.535 bits per heavy atom. The zero-order valence-corrected chi connectivity index (χ0v) is 23.9. The van der Waals surface area contributed by atoms with E-state index in [-0.39, 0.29) is 26.4 Å². The fourth-order valence-corrected chi connectivity index (χ4v) is 3.81. The summed E-state index contributed by atoms with van der Waals surface area (Å²) >= 11 is 0. The Balaban J connectivity index is 1.39. The summed E-state index contributed by atoms with van der Waals surface area (Å²) < 4.78 is 32.1. The molecule has 230 valence electrons. The minimum atomic E-state index is -1.45. The molecule has 0 spiro atoms. The Morgan fingerprint density at radius 3 is 1.35 bits per heavy atom. The average molecular weight is 597 g/mol. The molecule has 5 unspecified atom stereocenters. The predicted octanol–water partition coefficient (Wildman–Crippen LogP) is 3.57. The van der Waals surface area contributed by atoms with E-state index in [1.165, 1.54) is 13.8 Å². The van der Waals surface area contributed by atoms with Crippen LogP contribution < -0.4 is 0 Å². The lowest BCUT2D eigenvalue weighted by Crippen LogP contribution is -2.27. The first-order valence-electron chi connectivity index (χ1n) is 13.7. The van der Waals surface area contributed by atoms with Crippen molar-refractivity contribution >= 4 is 17.9 Å². The summed E-state index contributed by atoms with van der Waals surface area (Å²) in [6.07, 6.45) is -5.93. The van der Waals surface area contributed by atoms with Crippen molar-refractivity contribution in [1.82, 2.24) is 0 Å². The van der Waals surface area contributed by atoms with Gasteiger partial charge in [-0.25, -0.2) is 14.4 Å². The molecule has 0 aliphatic heterocycles. The SMILES string of the molecule is CC(OCCOC(=O)C(OCCOC(C)OC(=O)C(O)c1ccccc1)c1ccccc1)OC(=O)C(O)c1ccccc1. The van der Waals surface area contributed by atoms with Gasteiger partial charge in [0, 0.05) is 0 Å². The van der Waals surface area contributed by atoms with Crippen molar-refractivity contribution in [2.45, 2.75) is 44.7 Å². The Hall–Kier alpha value is -4.13. The Kier molecular flexibility index (Phi) is 13.8. The molecule has 0 radical (unpaired) electrons. The van der Waals surface area contributed by atoms with Crippen LogP contribution in [0.4, 0.5) is 0 Å². The third-order valence-electron chi connectivity index (χ3n) is 5.96. The molecule has 0 amide bonds. The second kappa shape index (κ2) is 17.7. The van der Waals surface area contributed by atoms with Gasteiger partial charge in [0.05, 0.1) is 19.8 Å². The number of benzene rings is 3. The number of aliphatic hydroxyl groups is 2. The summed E-state index contributed by atoms with van der Waals surface area (Å²) in [5.41, 5.74) is 1.34. The van der Waals surface area contributed by atoms with Crippen LogP contribution in [0.2, 0.25) is 0 Å². The molecule has 11 nitrogen and oxygen atoms in total. The molecular weight excluding hydrogens is 560 g/mol. The van der Waals surface area contributed by atoms with E-state index in [2.05, 4.69) is 0 Å². The highest BCUT2D eigenvalue weighted by atomic mass is 16.7. The number of aliphatic hydroxyl groups excluding tert-OH is 2. The number of carbonyl (C=O) groups excluding carboxylic acids is 3. The van der Waals surface area contributed by atoms with Crippen molar-refractivity contribution in [3.63, 3.8) is 0 Å². The molecule has 0 heterocycles. The van der Waals surface area contributed by atoms with E-state index < -0.39 is 48.8 Å². The summed E-state index contributed by atoms with van der Waals surface area (Å²) in [4.78, 5) is 37.2. The maximum atomic E-state index is 12.8. The quantitative estimate of drug-likeness (QED) is 0.102. The van der Waals surface area contributed by atoms with E-state index in [0.717, 1.165) is 0 Å². The lowest BCUT2D eigenvalue weighted by molar-refractivity contribution is -0.191. The van der Waals surface area contributed by atoms with Gasteiger partial charge in [-0.05, 0) is 30.5 Å². The highest BCUT2D eigenvalue weighted by Gasteiger charge is 2.25. The minimum absolute atomic E-state index is 0.0205. The Morgan fingerprint density at radius 2 is 0.907 bits per heavy atom. The van der Waals surface area contributed by atoms with Crippen LogP contribution >= 0.6 is 0 Å². The lowest BCUT2D eigenvalue weighted by atomic mass is 10.1. The number of rotatable bonds is 17. The fraction of sp³-hybridized carbons (Fsp3) is 0.344. The average Bonchev–Trinajstić information content (AvgIpc) is 3.03. The van der Waals surface area contributed by atoms with E-state index >= 15 is 0 Å². The van der Waals surface area contributed by atoms with Gasteiger partial charge < -0.3 is 38.6 Å². The van der Waals surface area contributed by atoms with Crippen LogP contribution in [0.15, 0.2) is 91.0 Å². The maximum absolute atomic E-state index is 12.8. The van der Waals surface area contributed by atoms with Gasteiger partial charge >= 0.3 is 17.9 Å². The maximum Gasteiger partial charge on any atom is 0.341 e. The van der Waals surface area contributed by atoms with Crippen LogP contribution in [0.1, 0.15) is 48.8 Å². The van der Waals surface area contributed by atoms with Gasteiger partial charge in [-0.3, -0.25) is 0 Å². The van der Waals surface area contributed by atoms with Crippen molar-refractivity contribution in [3.05, 3.63) is 108 Å². The van der Waals surface area contributed by atoms with E-state index in [1.54, 1.807) is 91.0 Å². The molecule has 0 aliphatic rings. The van der Waals surface area contributed by atoms with Crippen molar-refractivity contribution in [2.75, 3.05) is 26.4 Å². The van der Waals surface area contributed by atoms with Crippen molar-refractivity contribution in [2.24, 2.45) is 0 Å². The first-order chi connectivity index (χ1) is 20.8. The molecule has 3 aromatic carbocycles. The summed E-state index contributed by atoms with van der Waals surface area (Å²) in [7, 11) is 0. The van der Waals surface area contributed by atoms with Crippen LogP contribution in [0.5, 0.6) is 0 Å². The molecule has 0 saturated carbocycles. The van der Waals surface area contributed by atoms with Crippen LogP contribution in [-0.2, 0) is 42.8 Å². The second-order valence-electron chi connectivity index (χ2n) is 9.21. The van der Waals surface area contributed by atoms with Crippen LogP contribution in [0.25, 0.3) is 0 Å². The monoisotopic (exact) mass is 596 g/mol. The van der Waals surface area contributed by atoms with Gasteiger partial charge in [0.15, 0.2) is 30.9 Å². The Bertz CT molecular complexity index is 1250. The van der Waals surface area contributed by atoms with Gasteiger partial charge in [0.25, 0.3) is 0 Å². The number of esters is 3. The fourth-order valence-electron chi connectivity index (χ4n) is 3.81. The standard InChI is InChI=1S/C32H36O11/c1-22(42-30(35)27(33)24-12-6-3-7-13-24)38-18-20-40-29(26-16-10-5-11-17-26)32(37)41-21-19-39-23(2)43-31(36)28(34)25-14-8-4-9-15-25/h3-17,22-23,27-29,33-34H,18-21H2,1-2H3. The van der Waals surface area contributed by atoms with Gasteiger partial charge in [-0.1, -0.05) is 91.0 Å². The lowest BCUT2D eigenvalue weighted by Gasteiger charge is -2.20. The van der Waals surface area contributed by atoms with E-state index in [9.17, 15) is 24.6 Å². The topological polar surface area (TPSA) is 147 Å². The number of hydrogen-bond donors (Lipinski definition) is 2. The van der Waals surface area contributed by atoms with Crippen LogP contribution in [-0.4, -0.2) is 67.1 Å². The second-order valence-corrected chi connectivity index (χ2v) is 9.21. The van der Waals surface area contributed by atoms with Crippen LogP contribution in [0, 0.1) is 0 Å². The molecule has 0 fully saturated rings. The highest BCUT2D eigenvalue weighted by molar-refractivity contribution is 5.77. The summed E-state index contributed by atoms with van der Waals surface area (Å²) in [6.45, 7) is 2.69. The highest BCUT2D eigenvalue weighted by Crippen LogP contribution is 2.20. The molecule has 3 aromatic rings. The van der Waals surface area contributed by atoms with E-state index in [0.29, 0.717) is 16.7 Å². The Labute approximate surface area is 249 Å². The smallest absolute Gasteiger partial charge is 0.341 e. The third-order valence-corrected chi connectivity index (χ3v) is 5.96. The van der Waals surface area contributed by atoms with Crippen LogP contribution in [0.3, 0.4) is 0 Å².